The Kier molecular flexibility index (Phi) is 9.41. The number of carbonyl (C=O) groups is 2. The number of hydrogen-bond acceptors (Lipinski definition) is 5. The molecule has 172 valence electrons. The van der Waals surface area contributed by atoms with Crippen molar-refractivity contribution in [1.29, 1.82) is 0 Å². The third kappa shape index (κ3) is 7.24. The van der Waals surface area contributed by atoms with E-state index in [1.165, 1.54) is 5.56 Å². The highest BCUT2D eigenvalue weighted by molar-refractivity contribution is 7.99. The van der Waals surface area contributed by atoms with Gasteiger partial charge in [-0.2, -0.15) is 0 Å². The van der Waals surface area contributed by atoms with Crippen LogP contribution in [0.15, 0.2) is 59.5 Å². The predicted octanol–water partition coefficient (Wildman–Crippen LogP) is 4.33. The van der Waals surface area contributed by atoms with Crippen molar-refractivity contribution >= 4 is 35.3 Å². The Morgan fingerprint density at radius 3 is 2.41 bits per heavy atom. The number of imide groups is 1. The average molecular weight is 475 g/mol. The molecule has 3 amide bonds. The van der Waals surface area contributed by atoms with Crippen LogP contribution in [0.3, 0.4) is 0 Å². The lowest BCUT2D eigenvalue weighted by Crippen LogP contribution is -2.58. The largest absolute Gasteiger partial charge is 0.338 e. The van der Waals surface area contributed by atoms with Gasteiger partial charge in [-0.05, 0) is 62.4 Å². The Morgan fingerprint density at radius 1 is 1.12 bits per heavy atom. The van der Waals surface area contributed by atoms with Crippen LogP contribution in [0.1, 0.15) is 31.7 Å². The van der Waals surface area contributed by atoms with Crippen molar-refractivity contribution in [3.05, 3.63) is 65.2 Å². The average Bonchev–Trinajstić information content (AvgIpc) is 3.31. The van der Waals surface area contributed by atoms with Crippen LogP contribution in [-0.4, -0.2) is 52.9 Å². The van der Waals surface area contributed by atoms with Crippen molar-refractivity contribution in [1.82, 2.24) is 15.3 Å². The number of nitrogens with one attached hydrogen (secondary N) is 1. The van der Waals surface area contributed by atoms with E-state index in [1.807, 2.05) is 42.5 Å². The van der Waals surface area contributed by atoms with Gasteiger partial charge in [0.2, 0.25) is 5.91 Å². The van der Waals surface area contributed by atoms with Gasteiger partial charge in [0.05, 0.1) is 12.1 Å². The molecule has 1 fully saturated rings. The smallest absolute Gasteiger partial charge is 0.320 e. The lowest BCUT2D eigenvalue weighted by atomic mass is 10.1. The molecule has 0 aromatic heterocycles. The number of amides is 3. The summed E-state index contributed by atoms with van der Waals surface area (Å²) in [6.45, 7) is 3.17. The number of hydrazine groups is 1. The standard InChI is InChI=1S/C24H31ClN4O2S/c1-18(26)23(30)27-24(31)29(28-15-5-6-16-28)21(12-9-19-7-3-2-4-8-19)17-32-22-13-10-20(25)11-14-22/h2-4,7-8,10-11,13-14,18,21H,5-6,9,12,15-17,26H2,1H3,(H,27,30,31)/t18?,21-/m1/s1. The van der Waals surface area contributed by atoms with E-state index in [4.69, 9.17) is 17.3 Å². The summed E-state index contributed by atoms with van der Waals surface area (Å²) in [4.78, 5) is 26.5. The summed E-state index contributed by atoms with van der Waals surface area (Å²) in [7, 11) is 0. The topological polar surface area (TPSA) is 78.7 Å². The van der Waals surface area contributed by atoms with Crippen LogP contribution in [-0.2, 0) is 11.2 Å². The van der Waals surface area contributed by atoms with E-state index in [2.05, 4.69) is 22.5 Å². The zero-order chi connectivity index (χ0) is 22.9. The van der Waals surface area contributed by atoms with Crippen molar-refractivity contribution in [2.45, 2.75) is 49.6 Å². The third-order valence-corrected chi connectivity index (χ3v) is 6.86. The molecule has 8 heteroatoms. The minimum Gasteiger partial charge on any atom is -0.320 e. The van der Waals surface area contributed by atoms with Gasteiger partial charge in [-0.1, -0.05) is 41.9 Å². The van der Waals surface area contributed by atoms with E-state index in [9.17, 15) is 9.59 Å². The van der Waals surface area contributed by atoms with Gasteiger partial charge in [0.25, 0.3) is 0 Å². The fraction of sp³-hybridized carbons (Fsp3) is 0.417. The summed E-state index contributed by atoms with van der Waals surface area (Å²) in [5, 5.41) is 7.03. The van der Waals surface area contributed by atoms with Crippen LogP contribution in [0.25, 0.3) is 0 Å². The Hall–Kier alpha value is -2.06. The number of halogens is 1. The quantitative estimate of drug-likeness (QED) is 0.529. The minimum absolute atomic E-state index is 0.0881. The second-order valence-corrected chi connectivity index (χ2v) is 9.56. The summed E-state index contributed by atoms with van der Waals surface area (Å²) >= 11 is 7.71. The molecule has 1 aliphatic heterocycles. The fourth-order valence-corrected chi connectivity index (χ4v) is 4.84. The highest BCUT2D eigenvalue weighted by Gasteiger charge is 2.32. The molecular formula is C24H31ClN4O2S. The first kappa shape index (κ1) is 24.6. The normalized spacial score (nSPS) is 15.8. The molecule has 3 rings (SSSR count). The van der Waals surface area contributed by atoms with Gasteiger partial charge in [0.15, 0.2) is 0 Å². The SMILES string of the molecule is CC(N)C(=O)NC(=O)N([C@H](CCc1ccccc1)CSc1ccc(Cl)cc1)N1CCCC1. The summed E-state index contributed by atoms with van der Waals surface area (Å²) in [6.07, 6.45) is 3.67. The fourth-order valence-electron chi connectivity index (χ4n) is 3.70. The number of benzene rings is 2. The van der Waals surface area contributed by atoms with E-state index < -0.39 is 18.0 Å². The molecule has 0 radical (unpaired) electrons. The van der Waals surface area contributed by atoms with Crippen LogP contribution < -0.4 is 11.1 Å². The van der Waals surface area contributed by atoms with E-state index in [-0.39, 0.29) is 6.04 Å². The highest BCUT2D eigenvalue weighted by Crippen LogP contribution is 2.26. The molecule has 6 nitrogen and oxygen atoms in total. The monoisotopic (exact) mass is 474 g/mol. The molecule has 32 heavy (non-hydrogen) atoms. The van der Waals surface area contributed by atoms with Crippen molar-refractivity contribution in [3.8, 4) is 0 Å². The number of aryl methyl sites for hydroxylation is 1. The lowest BCUT2D eigenvalue weighted by molar-refractivity contribution is -0.121. The molecule has 1 heterocycles. The van der Waals surface area contributed by atoms with E-state index in [0.717, 1.165) is 43.7 Å². The summed E-state index contributed by atoms with van der Waals surface area (Å²) in [6, 6.07) is 16.7. The first-order chi connectivity index (χ1) is 15.4. The maximum absolute atomic E-state index is 13.2. The summed E-state index contributed by atoms with van der Waals surface area (Å²) in [5.74, 6) is 0.233. The van der Waals surface area contributed by atoms with Gasteiger partial charge in [0.1, 0.15) is 0 Å². The molecular weight excluding hydrogens is 444 g/mol. The molecule has 1 saturated heterocycles. The second kappa shape index (κ2) is 12.3. The van der Waals surface area contributed by atoms with Gasteiger partial charge in [0, 0.05) is 28.8 Å². The molecule has 3 N–H and O–H groups in total. The van der Waals surface area contributed by atoms with Crippen LogP contribution in [0, 0.1) is 0 Å². The number of hydrogen-bond donors (Lipinski definition) is 2. The molecule has 2 atom stereocenters. The molecule has 2 aromatic carbocycles. The maximum atomic E-state index is 13.2. The Labute approximate surface area is 199 Å². The molecule has 0 spiro atoms. The molecule has 1 aliphatic rings. The van der Waals surface area contributed by atoms with Gasteiger partial charge in [-0.3, -0.25) is 15.1 Å². The number of rotatable bonds is 9. The first-order valence-electron chi connectivity index (χ1n) is 11.0. The summed E-state index contributed by atoms with van der Waals surface area (Å²) < 4.78 is 0. The van der Waals surface area contributed by atoms with Crippen molar-refractivity contribution in [3.63, 3.8) is 0 Å². The number of nitrogens with zero attached hydrogens (tertiary/aromatic N) is 2. The van der Waals surface area contributed by atoms with Crippen LogP contribution >= 0.6 is 23.4 Å². The van der Waals surface area contributed by atoms with Crippen LogP contribution in [0.5, 0.6) is 0 Å². The lowest BCUT2D eigenvalue weighted by Gasteiger charge is -2.38. The Bertz CT molecular complexity index is 873. The minimum atomic E-state index is -0.745. The number of urea groups is 1. The van der Waals surface area contributed by atoms with Crippen LogP contribution in [0.2, 0.25) is 5.02 Å². The van der Waals surface area contributed by atoms with Crippen molar-refractivity contribution in [2.24, 2.45) is 5.73 Å². The Balaban J connectivity index is 1.79. The molecule has 0 aliphatic carbocycles. The Morgan fingerprint density at radius 2 is 1.78 bits per heavy atom. The summed E-state index contributed by atoms with van der Waals surface area (Å²) in [5.41, 5.74) is 6.91. The van der Waals surface area contributed by atoms with E-state index >= 15 is 0 Å². The second-order valence-electron chi connectivity index (χ2n) is 8.03. The van der Waals surface area contributed by atoms with Gasteiger partial charge < -0.3 is 5.73 Å². The van der Waals surface area contributed by atoms with Crippen molar-refractivity contribution < 1.29 is 9.59 Å². The molecule has 0 bridgehead atoms. The van der Waals surface area contributed by atoms with E-state index in [1.54, 1.807) is 23.7 Å². The maximum Gasteiger partial charge on any atom is 0.338 e. The first-order valence-corrected chi connectivity index (χ1v) is 12.4. The van der Waals surface area contributed by atoms with Crippen LogP contribution in [0.4, 0.5) is 4.79 Å². The molecule has 2 aromatic rings. The molecule has 0 saturated carbocycles. The molecule has 1 unspecified atom stereocenters. The van der Waals surface area contributed by atoms with E-state index in [0.29, 0.717) is 10.8 Å². The zero-order valence-corrected chi connectivity index (χ0v) is 19.9. The van der Waals surface area contributed by atoms with Gasteiger partial charge >= 0.3 is 6.03 Å². The number of thioether (sulfide) groups is 1. The predicted molar refractivity (Wildman–Crippen MR) is 131 cm³/mol. The third-order valence-electron chi connectivity index (χ3n) is 5.45. The van der Waals surface area contributed by atoms with Crippen molar-refractivity contribution in [2.75, 3.05) is 18.8 Å². The number of nitrogens with two attached hydrogens (primary N) is 1. The highest BCUT2D eigenvalue weighted by atomic mass is 35.5. The van der Waals surface area contributed by atoms with Gasteiger partial charge in [-0.15, -0.1) is 11.8 Å². The zero-order valence-electron chi connectivity index (χ0n) is 18.4. The number of carbonyl (C=O) groups excluding carboxylic acids is 2. The van der Waals surface area contributed by atoms with Gasteiger partial charge in [-0.25, -0.2) is 9.80 Å².